The SMILES string of the molecule is CC1CCC(NCc2ccccc2C(=O)O)CC1C. The molecule has 3 atom stereocenters. The van der Waals surface area contributed by atoms with Crippen molar-refractivity contribution in [1.82, 2.24) is 5.32 Å². The highest BCUT2D eigenvalue weighted by atomic mass is 16.4. The van der Waals surface area contributed by atoms with Crippen molar-refractivity contribution in [3.8, 4) is 0 Å². The minimum absolute atomic E-state index is 0.409. The largest absolute Gasteiger partial charge is 0.478 e. The number of carboxylic acid groups (broad SMARTS) is 1. The lowest BCUT2D eigenvalue weighted by molar-refractivity contribution is 0.0695. The van der Waals surface area contributed by atoms with E-state index in [4.69, 9.17) is 5.11 Å². The average molecular weight is 261 g/mol. The van der Waals surface area contributed by atoms with Crippen molar-refractivity contribution in [3.05, 3.63) is 35.4 Å². The fourth-order valence-electron chi connectivity index (χ4n) is 2.87. The van der Waals surface area contributed by atoms with E-state index < -0.39 is 5.97 Å². The van der Waals surface area contributed by atoms with E-state index >= 15 is 0 Å². The predicted molar refractivity (Wildman–Crippen MR) is 76.2 cm³/mol. The van der Waals surface area contributed by atoms with Crippen LogP contribution in [0.5, 0.6) is 0 Å². The smallest absolute Gasteiger partial charge is 0.336 e. The summed E-state index contributed by atoms with van der Waals surface area (Å²) in [4.78, 5) is 11.1. The summed E-state index contributed by atoms with van der Waals surface area (Å²) in [6, 6.07) is 7.76. The lowest BCUT2D eigenvalue weighted by atomic mass is 9.79. The molecule has 1 aliphatic carbocycles. The number of rotatable bonds is 4. The highest BCUT2D eigenvalue weighted by Gasteiger charge is 2.24. The Kier molecular flexibility index (Phi) is 4.59. The molecule has 1 saturated carbocycles. The number of nitrogens with one attached hydrogen (secondary N) is 1. The molecule has 0 bridgehead atoms. The first kappa shape index (κ1) is 14.1. The maximum absolute atomic E-state index is 11.1. The summed E-state index contributed by atoms with van der Waals surface area (Å²) in [5.74, 6) is 0.716. The van der Waals surface area contributed by atoms with Crippen LogP contribution in [0.1, 0.15) is 49.0 Å². The van der Waals surface area contributed by atoms with Crippen LogP contribution >= 0.6 is 0 Å². The number of carbonyl (C=O) groups is 1. The van der Waals surface area contributed by atoms with E-state index in [0.29, 0.717) is 18.2 Å². The predicted octanol–water partition coefficient (Wildman–Crippen LogP) is 3.30. The highest BCUT2D eigenvalue weighted by molar-refractivity contribution is 5.89. The van der Waals surface area contributed by atoms with Gasteiger partial charge < -0.3 is 10.4 Å². The summed E-state index contributed by atoms with van der Waals surface area (Å²) in [6.45, 7) is 5.28. The highest BCUT2D eigenvalue weighted by Crippen LogP contribution is 2.29. The van der Waals surface area contributed by atoms with E-state index in [1.807, 2.05) is 12.1 Å². The topological polar surface area (TPSA) is 49.3 Å². The normalized spacial score (nSPS) is 27.2. The van der Waals surface area contributed by atoms with E-state index in [0.717, 1.165) is 17.4 Å². The first-order valence-electron chi connectivity index (χ1n) is 7.12. The molecule has 104 valence electrons. The maximum Gasteiger partial charge on any atom is 0.336 e. The van der Waals surface area contributed by atoms with E-state index in [1.54, 1.807) is 12.1 Å². The lowest BCUT2D eigenvalue weighted by Crippen LogP contribution is -2.36. The van der Waals surface area contributed by atoms with Crippen LogP contribution in [0.15, 0.2) is 24.3 Å². The Hall–Kier alpha value is -1.35. The van der Waals surface area contributed by atoms with Gasteiger partial charge in [-0.25, -0.2) is 4.79 Å². The molecule has 1 aromatic carbocycles. The average Bonchev–Trinajstić information content (AvgIpc) is 2.40. The Morgan fingerprint density at radius 1 is 1.26 bits per heavy atom. The van der Waals surface area contributed by atoms with Crippen LogP contribution in [-0.4, -0.2) is 17.1 Å². The van der Waals surface area contributed by atoms with Gasteiger partial charge in [0.2, 0.25) is 0 Å². The molecule has 1 aliphatic rings. The van der Waals surface area contributed by atoms with Crippen molar-refractivity contribution in [2.45, 2.75) is 45.7 Å². The second-order valence-electron chi connectivity index (χ2n) is 5.81. The van der Waals surface area contributed by atoms with Gasteiger partial charge in [-0.15, -0.1) is 0 Å². The Morgan fingerprint density at radius 3 is 2.68 bits per heavy atom. The molecule has 19 heavy (non-hydrogen) atoms. The third-order valence-electron chi connectivity index (χ3n) is 4.43. The zero-order valence-corrected chi connectivity index (χ0v) is 11.7. The molecule has 3 heteroatoms. The van der Waals surface area contributed by atoms with E-state index in [1.165, 1.54) is 19.3 Å². The number of hydrogen-bond donors (Lipinski definition) is 2. The molecule has 2 N–H and O–H groups in total. The second kappa shape index (κ2) is 6.20. The van der Waals surface area contributed by atoms with Gasteiger partial charge in [-0.2, -0.15) is 0 Å². The van der Waals surface area contributed by atoms with Gasteiger partial charge in [0, 0.05) is 12.6 Å². The van der Waals surface area contributed by atoms with Gasteiger partial charge in [0.25, 0.3) is 0 Å². The third-order valence-corrected chi connectivity index (χ3v) is 4.43. The molecule has 0 heterocycles. The zero-order valence-electron chi connectivity index (χ0n) is 11.7. The minimum atomic E-state index is -0.844. The Labute approximate surface area is 115 Å². The fourth-order valence-corrected chi connectivity index (χ4v) is 2.87. The third kappa shape index (κ3) is 3.57. The fraction of sp³-hybridized carbons (Fsp3) is 0.562. The molecule has 0 aromatic heterocycles. The Balaban J connectivity index is 1.94. The van der Waals surface area contributed by atoms with Crippen molar-refractivity contribution in [3.63, 3.8) is 0 Å². The molecule has 2 rings (SSSR count). The number of hydrogen-bond acceptors (Lipinski definition) is 2. The molecule has 0 spiro atoms. The standard InChI is InChI=1S/C16H23NO2/c1-11-7-8-14(9-12(11)2)17-10-13-5-3-4-6-15(13)16(18)19/h3-6,11-12,14,17H,7-10H2,1-2H3,(H,18,19). The van der Waals surface area contributed by atoms with E-state index in [9.17, 15) is 4.79 Å². The van der Waals surface area contributed by atoms with Gasteiger partial charge in [0.1, 0.15) is 0 Å². The van der Waals surface area contributed by atoms with Crippen LogP contribution in [-0.2, 0) is 6.54 Å². The summed E-state index contributed by atoms with van der Waals surface area (Å²) in [5.41, 5.74) is 1.29. The van der Waals surface area contributed by atoms with Crippen molar-refractivity contribution in [2.24, 2.45) is 11.8 Å². The van der Waals surface area contributed by atoms with Crippen LogP contribution in [0.4, 0.5) is 0 Å². The summed E-state index contributed by atoms with van der Waals surface area (Å²) >= 11 is 0. The van der Waals surface area contributed by atoms with Gasteiger partial charge >= 0.3 is 5.97 Å². The van der Waals surface area contributed by atoms with Gasteiger partial charge in [0.15, 0.2) is 0 Å². The molecular weight excluding hydrogens is 238 g/mol. The quantitative estimate of drug-likeness (QED) is 0.874. The molecule has 3 nitrogen and oxygen atoms in total. The second-order valence-corrected chi connectivity index (χ2v) is 5.81. The lowest BCUT2D eigenvalue weighted by Gasteiger charge is -2.32. The Bertz CT molecular complexity index is 444. The molecule has 3 unspecified atom stereocenters. The summed E-state index contributed by atoms with van der Waals surface area (Å²) < 4.78 is 0. The van der Waals surface area contributed by atoms with Crippen molar-refractivity contribution in [1.29, 1.82) is 0 Å². The number of carboxylic acids is 1. The summed E-state index contributed by atoms with van der Waals surface area (Å²) in [7, 11) is 0. The zero-order chi connectivity index (χ0) is 13.8. The van der Waals surface area contributed by atoms with Crippen LogP contribution < -0.4 is 5.32 Å². The molecule has 0 amide bonds. The number of benzene rings is 1. The van der Waals surface area contributed by atoms with Gasteiger partial charge in [-0.3, -0.25) is 0 Å². The molecule has 0 aliphatic heterocycles. The maximum atomic E-state index is 11.1. The number of aromatic carboxylic acids is 1. The monoisotopic (exact) mass is 261 g/mol. The van der Waals surface area contributed by atoms with Gasteiger partial charge in [-0.05, 0) is 42.7 Å². The van der Waals surface area contributed by atoms with Crippen LogP contribution in [0, 0.1) is 11.8 Å². The molecular formula is C16H23NO2. The van der Waals surface area contributed by atoms with Gasteiger partial charge in [-0.1, -0.05) is 32.0 Å². The minimum Gasteiger partial charge on any atom is -0.478 e. The molecule has 0 radical (unpaired) electrons. The van der Waals surface area contributed by atoms with Crippen molar-refractivity contribution >= 4 is 5.97 Å². The van der Waals surface area contributed by atoms with Crippen molar-refractivity contribution in [2.75, 3.05) is 0 Å². The van der Waals surface area contributed by atoms with Crippen LogP contribution in [0.3, 0.4) is 0 Å². The molecule has 0 saturated heterocycles. The van der Waals surface area contributed by atoms with E-state index in [-0.39, 0.29) is 0 Å². The van der Waals surface area contributed by atoms with Crippen molar-refractivity contribution < 1.29 is 9.90 Å². The molecule has 1 aromatic rings. The van der Waals surface area contributed by atoms with Crippen LogP contribution in [0.25, 0.3) is 0 Å². The first-order valence-corrected chi connectivity index (χ1v) is 7.12. The Morgan fingerprint density at radius 2 is 2.00 bits per heavy atom. The summed E-state index contributed by atoms with van der Waals surface area (Å²) in [5, 5.41) is 12.7. The first-order chi connectivity index (χ1) is 9.08. The van der Waals surface area contributed by atoms with E-state index in [2.05, 4.69) is 19.2 Å². The summed E-state index contributed by atoms with van der Waals surface area (Å²) in [6.07, 6.45) is 3.65. The van der Waals surface area contributed by atoms with Gasteiger partial charge in [0.05, 0.1) is 5.56 Å². The van der Waals surface area contributed by atoms with Crippen LogP contribution in [0.2, 0.25) is 0 Å². The molecule has 1 fully saturated rings.